The molecule has 23 heavy (non-hydrogen) atoms. The third-order valence-corrected chi connectivity index (χ3v) is 4.15. The molecule has 0 saturated carbocycles. The summed E-state index contributed by atoms with van der Waals surface area (Å²) in [6, 6.07) is 22.3. The molecule has 1 unspecified atom stereocenters. The van der Waals surface area contributed by atoms with E-state index in [4.69, 9.17) is 10.5 Å². The van der Waals surface area contributed by atoms with Crippen molar-refractivity contribution >= 4 is 24.7 Å². The minimum absolute atomic E-state index is 0.168. The molecule has 1 atom stereocenters. The highest BCUT2D eigenvalue weighted by molar-refractivity contribution is 6.32. The van der Waals surface area contributed by atoms with Crippen molar-refractivity contribution in [3.05, 3.63) is 72.3 Å². The number of nitrogens with two attached hydrogens (primary N) is 1. The maximum atomic E-state index is 6.19. The van der Waals surface area contributed by atoms with Crippen LogP contribution in [0.2, 0.25) is 0 Å². The molecule has 1 aliphatic rings. The average molecular weight is 300 g/mol. The Bertz CT molecular complexity index is 864. The maximum absolute atomic E-state index is 6.19. The molecule has 0 spiro atoms. The summed E-state index contributed by atoms with van der Waals surface area (Å²) in [5.41, 5.74) is 12.4. The maximum Gasteiger partial charge on any atom is 0.196 e. The van der Waals surface area contributed by atoms with Crippen LogP contribution in [-0.2, 0) is 0 Å². The lowest BCUT2D eigenvalue weighted by molar-refractivity contribution is 0.260. The second-order valence-electron chi connectivity index (χ2n) is 5.82. The number of fused-ring (bicyclic) bond motifs is 1. The molecule has 0 amide bonds. The van der Waals surface area contributed by atoms with E-state index < -0.39 is 0 Å². The normalized spacial score (nSPS) is 15.6. The number of hydrogen-bond acceptors (Lipinski definition) is 3. The first-order valence-electron chi connectivity index (χ1n) is 7.70. The van der Waals surface area contributed by atoms with Crippen LogP contribution in [0, 0.1) is 0 Å². The lowest BCUT2D eigenvalue weighted by Crippen LogP contribution is -2.10. The van der Waals surface area contributed by atoms with Crippen LogP contribution in [0.5, 0.6) is 5.75 Å². The first-order valence-corrected chi connectivity index (χ1v) is 7.70. The number of benzene rings is 3. The van der Waals surface area contributed by atoms with Gasteiger partial charge >= 0.3 is 0 Å². The van der Waals surface area contributed by atoms with Crippen LogP contribution in [0.25, 0.3) is 11.1 Å². The van der Waals surface area contributed by atoms with Gasteiger partial charge in [0, 0.05) is 22.4 Å². The molecule has 0 fully saturated rings. The van der Waals surface area contributed by atoms with Gasteiger partial charge in [-0.05, 0) is 12.1 Å². The fourth-order valence-electron chi connectivity index (χ4n) is 2.97. The summed E-state index contributed by atoms with van der Waals surface area (Å²) in [6.45, 7) is 0. The van der Waals surface area contributed by atoms with Gasteiger partial charge in [0.2, 0.25) is 0 Å². The summed E-state index contributed by atoms with van der Waals surface area (Å²) in [4.78, 5) is 0. The van der Waals surface area contributed by atoms with Crippen LogP contribution in [0.1, 0.15) is 11.8 Å². The topological polar surface area (TPSA) is 47.3 Å². The molecule has 1 heterocycles. The van der Waals surface area contributed by atoms with Crippen molar-refractivity contribution in [2.75, 3.05) is 11.1 Å². The second-order valence-corrected chi connectivity index (χ2v) is 5.82. The minimum Gasteiger partial charge on any atom is -0.464 e. The third-order valence-electron chi connectivity index (χ3n) is 4.15. The number of rotatable bonds is 2. The second kappa shape index (κ2) is 5.40. The SMILES string of the molecule is Bc1ccc(N)c(-c2cccc3c2NC(c2ccccc2)O3)c1. The van der Waals surface area contributed by atoms with Gasteiger partial charge in [0.15, 0.2) is 6.23 Å². The van der Waals surface area contributed by atoms with Gasteiger partial charge in [-0.25, -0.2) is 0 Å². The van der Waals surface area contributed by atoms with Gasteiger partial charge in [0.1, 0.15) is 13.6 Å². The summed E-state index contributed by atoms with van der Waals surface area (Å²) in [5.74, 6) is 0.859. The molecule has 3 aromatic rings. The van der Waals surface area contributed by atoms with Crippen molar-refractivity contribution in [1.29, 1.82) is 0 Å². The zero-order chi connectivity index (χ0) is 15.8. The van der Waals surface area contributed by atoms with E-state index in [0.717, 1.165) is 33.8 Å². The lowest BCUT2D eigenvalue weighted by Gasteiger charge is -2.12. The van der Waals surface area contributed by atoms with Crippen LogP contribution in [0.4, 0.5) is 11.4 Å². The van der Waals surface area contributed by atoms with Gasteiger partial charge in [-0.1, -0.05) is 60.1 Å². The van der Waals surface area contributed by atoms with Gasteiger partial charge in [-0.15, -0.1) is 0 Å². The summed E-state index contributed by atoms with van der Waals surface area (Å²) in [5, 5.41) is 3.49. The molecule has 3 aromatic carbocycles. The Balaban J connectivity index is 1.77. The highest BCUT2D eigenvalue weighted by atomic mass is 16.5. The van der Waals surface area contributed by atoms with Crippen LogP contribution in [0.3, 0.4) is 0 Å². The molecule has 0 aromatic heterocycles. The summed E-state index contributed by atoms with van der Waals surface area (Å²) in [7, 11) is 2.07. The molecular weight excluding hydrogens is 283 g/mol. The standard InChI is InChI=1S/C19H17BN2O/c20-13-9-10-16(21)15(11-13)14-7-4-8-17-18(14)22-19(23-17)12-5-2-1-3-6-12/h1-11,19,22H,20-21H2. The van der Waals surface area contributed by atoms with Crippen molar-refractivity contribution in [2.45, 2.75) is 6.23 Å². The van der Waals surface area contributed by atoms with Gasteiger partial charge < -0.3 is 15.8 Å². The van der Waals surface area contributed by atoms with Crippen LogP contribution < -0.4 is 21.3 Å². The predicted molar refractivity (Wildman–Crippen MR) is 97.9 cm³/mol. The molecule has 3 N–H and O–H groups in total. The Morgan fingerprint density at radius 1 is 0.913 bits per heavy atom. The molecule has 4 rings (SSSR count). The Hall–Kier alpha value is -2.88. The summed E-state index contributed by atoms with van der Waals surface area (Å²) < 4.78 is 6.07. The fourth-order valence-corrected chi connectivity index (χ4v) is 2.97. The van der Waals surface area contributed by atoms with E-state index in [0.29, 0.717) is 0 Å². The van der Waals surface area contributed by atoms with E-state index in [1.807, 2.05) is 42.5 Å². The molecule has 112 valence electrons. The van der Waals surface area contributed by atoms with Crippen LogP contribution >= 0.6 is 0 Å². The number of nitrogens with one attached hydrogen (secondary N) is 1. The minimum atomic E-state index is -0.168. The van der Waals surface area contributed by atoms with E-state index in [9.17, 15) is 0 Å². The molecule has 1 aliphatic heterocycles. The molecule has 0 aliphatic carbocycles. The summed E-state index contributed by atoms with van der Waals surface area (Å²) >= 11 is 0. The Morgan fingerprint density at radius 3 is 2.57 bits per heavy atom. The Labute approximate surface area is 136 Å². The number of nitrogen functional groups attached to an aromatic ring is 1. The van der Waals surface area contributed by atoms with Gasteiger partial charge in [-0.2, -0.15) is 0 Å². The molecule has 3 nitrogen and oxygen atoms in total. The number of hydrogen-bond donors (Lipinski definition) is 2. The monoisotopic (exact) mass is 300 g/mol. The van der Waals surface area contributed by atoms with E-state index >= 15 is 0 Å². The molecule has 4 heteroatoms. The van der Waals surface area contributed by atoms with Gasteiger partial charge in [0.25, 0.3) is 0 Å². The number of ether oxygens (including phenoxy) is 1. The van der Waals surface area contributed by atoms with Crippen molar-refractivity contribution in [3.8, 4) is 16.9 Å². The van der Waals surface area contributed by atoms with Gasteiger partial charge in [-0.3, -0.25) is 0 Å². The molecular formula is C19H17BN2O. The molecule has 0 saturated heterocycles. The smallest absolute Gasteiger partial charge is 0.196 e. The number of anilines is 2. The zero-order valence-electron chi connectivity index (χ0n) is 12.9. The fraction of sp³-hybridized carbons (Fsp3) is 0.0526. The Morgan fingerprint density at radius 2 is 1.74 bits per heavy atom. The van der Waals surface area contributed by atoms with E-state index in [1.165, 1.54) is 5.46 Å². The highest BCUT2D eigenvalue weighted by Gasteiger charge is 2.26. The van der Waals surface area contributed by atoms with Crippen LogP contribution in [0.15, 0.2) is 66.7 Å². The molecule has 0 radical (unpaired) electrons. The van der Waals surface area contributed by atoms with Gasteiger partial charge in [0.05, 0.1) is 5.69 Å². The first kappa shape index (κ1) is 13.8. The summed E-state index contributed by atoms with van der Waals surface area (Å²) in [6.07, 6.45) is -0.168. The third kappa shape index (κ3) is 2.42. The molecule has 0 bridgehead atoms. The van der Waals surface area contributed by atoms with E-state index in [1.54, 1.807) is 0 Å². The van der Waals surface area contributed by atoms with E-state index in [-0.39, 0.29) is 6.23 Å². The highest BCUT2D eigenvalue weighted by Crippen LogP contribution is 2.45. The first-order chi connectivity index (χ1) is 11.2. The zero-order valence-corrected chi connectivity index (χ0v) is 12.9. The van der Waals surface area contributed by atoms with Crippen molar-refractivity contribution in [3.63, 3.8) is 0 Å². The van der Waals surface area contributed by atoms with Crippen molar-refractivity contribution in [2.24, 2.45) is 0 Å². The van der Waals surface area contributed by atoms with Crippen molar-refractivity contribution < 1.29 is 4.74 Å². The van der Waals surface area contributed by atoms with Crippen LogP contribution in [-0.4, -0.2) is 7.85 Å². The van der Waals surface area contributed by atoms with Crippen molar-refractivity contribution in [1.82, 2.24) is 0 Å². The lowest BCUT2D eigenvalue weighted by atomic mass is 9.90. The predicted octanol–water partition coefficient (Wildman–Crippen LogP) is 2.70. The quantitative estimate of drug-likeness (QED) is 0.565. The number of para-hydroxylation sites is 1. The van der Waals surface area contributed by atoms with E-state index in [2.05, 4.69) is 37.4 Å². The largest absolute Gasteiger partial charge is 0.464 e. The average Bonchev–Trinajstić information content (AvgIpc) is 3.02. The Kier molecular flexibility index (Phi) is 3.23.